The van der Waals surface area contributed by atoms with Gasteiger partial charge in [-0.05, 0) is 32.4 Å². The van der Waals surface area contributed by atoms with Crippen LogP contribution in [0.5, 0.6) is 0 Å². The van der Waals surface area contributed by atoms with E-state index in [1.165, 1.54) is 6.92 Å². The fourth-order valence-electron chi connectivity index (χ4n) is 1.63. The standard InChI is InChI=1S/C13H15F3O2/c1-4-13(3,18-5-2)12(17)8-6-7-9(14)11(16)10(8)15/h6-7H,4-5H2,1-3H3. The minimum Gasteiger partial charge on any atom is -0.367 e. The van der Waals surface area contributed by atoms with Crippen molar-refractivity contribution in [3.63, 3.8) is 0 Å². The van der Waals surface area contributed by atoms with Gasteiger partial charge in [-0.3, -0.25) is 4.79 Å². The Balaban J connectivity index is 3.22. The smallest absolute Gasteiger partial charge is 0.197 e. The first-order valence-corrected chi connectivity index (χ1v) is 5.69. The zero-order valence-corrected chi connectivity index (χ0v) is 10.5. The van der Waals surface area contributed by atoms with Crippen LogP contribution in [-0.2, 0) is 4.74 Å². The van der Waals surface area contributed by atoms with Crippen LogP contribution in [0.2, 0.25) is 0 Å². The van der Waals surface area contributed by atoms with Gasteiger partial charge in [-0.1, -0.05) is 6.92 Å². The largest absolute Gasteiger partial charge is 0.367 e. The zero-order valence-electron chi connectivity index (χ0n) is 10.5. The molecule has 0 bridgehead atoms. The molecule has 100 valence electrons. The third kappa shape index (κ3) is 2.56. The summed E-state index contributed by atoms with van der Waals surface area (Å²) in [6, 6.07) is 1.66. The highest BCUT2D eigenvalue weighted by molar-refractivity contribution is 6.02. The van der Waals surface area contributed by atoms with Gasteiger partial charge in [0.15, 0.2) is 23.2 Å². The molecule has 0 aliphatic rings. The van der Waals surface area contributed by atoms with E-state index in [1.807, 2.05) is 0 Å². The van der Waals surface area contributed by atoms with Crippen molar-refractivity contribution in [2.45, 2.75) is 32.8 Å². The van der Waals surface area contributed by atoms with E-state index in [4.69, 9.17) is 4.74 Å². The molecule has 0 aliphatic carbocycles. The molecule has 0 amide bonds. The summed E-state index contributed by atoms with van der Waals surface area (Å²) in [5.41, 5.74) is -1.73. The van der Waals surface area contributed by atoms with Crippen molar-refractivity contribution >= 4 is 5.78 Å². The normalized spacial score (nSPS) is 14.3. The van der Waals surface area contributed by atoms with Gasteiger partial charge in [0, 0.05) is 6.61 Å². The first-order chi connectivity index (χ1) is 8.37. The minimum absolute atomic E-state index is 0.265. The molecule has 0 aromatic heterocycles. The zero-order chi connectivity index (χ0) is 13.9. The Morgan fingerprint density at radius 1 is 1.22 bits per heavy atom. The second-order valence-electron chi connectivity index (χ2n) is 4.07. The lowest BCUT2D eigenvalue weighted by molar-refractivity contribution is -0.0119. The van der Waals surface area contributed by atoms with Crippen LogP contribution in [0.1, 0.15) is 37.6 Å². The highest BCUT2D eigenvalue weighted by Gasteiger charge is 2.35. The van der Waals surface area contributed by atoms with E-state index in [-0.39, 0.29) is 6.61 Å². The number of carbonyl (C=O) groups is 1. The molecule has 5 heteroatoms. The van der Waals surface area contributed by atoms with Crippen LogP contribution in [0.25, 0.3) is 0 Å². The van der Waals surface area contributed by atoms with E-state index in [2.05, 4.69) is 0 Å². The number of benzene rings is 1. The maximum atomic E-state index is 13.5. The Labute approximate surface area is 104 Å². The van der Waals surface area contributed by atoms with Gasteiger partial charge in [-0.15, -0.1) is 0 Å². The third-order valence-electron chi connectivity index (χ3n) is 2.90. The van der Waals surface area contributed by atoms with Gasteiger partial charge in [0.1, 0.15) is 5.60 Å². The number of ketones is 1. The number of hydrogen-bond acceptors (Lipinski definition) is 2. The molecule has 0 aliphatic heterocycles. The van der Waals surface area contributed by atoms with Gasteiger partial charge in [0.05, 0.1) is 5.56 Å². The molecule has 0 saturated heterocycles. The molecule has 0 heterocycles. The summed E-state index contributed by atoms with van der Waals surface area (Å²) < 4.78 is 44.7. The molecule has 0 spiro atoms. The van der Waals surface area contributed by atoms with Crippen molar-refractivity contribution in [2.24, 2.45) is 0 Å². The first kappa shape index (κ1) is 14.7. The minimum atomic E-state index is -1.64. The van der Waals surface area contributed by atoms with Crippen LogP contribution in [0, 0.1) is 17.5 Å². The quantitative estimate of drug-likeness (QED) is 0.598. The molecule has 1 rings (SSSR count). The van der Waals surface area contributed by atoms with E-state index in [0.717, 1.165) is 12.1 Å². The van der Waals surface area contributed by atoms with E-state index >= 15 is 0 Å². The molecular weight excluding hydrogens is 245 g/mol. The molecule has 1 aromatic rings. The highest BCUT2D eigenvalue weighted by atomic mass is 19.2. The Morgan fingerprint density at radius 2 is 1.83 bits per heavy atom. The monoisotopic (exact) mass is 260 g/mol. The molecule has 18 heavy (non-hydrogen) atoms. The number of hydrogen-bond donors (Lipinski definition) is 0. The topological polar surface area (TPSA) is 26.3 Å². The van der Waals surface area contributed by atoms with Crippen molar-refractivity contribution in [2.75, 3.05) is 6.61 Å². The molecular formula is C13H15F3O2. The lowest BCUT2D eigenvalue weighted by Gasteiger charge is -2.26. The summed E-state index contributed by atoms with van der Waals surface area (Å²) in [6.07, 6.45) is 0.304. The molecule has 1 atom stereocenters. The van der Waals surface area contributed by atoms with Crippen LogP contribution in [0.4, 0.5) is 13.2 Å². The van der Waals surface area contributed by atoms with Gasteiger partial charge < -0.3 is 4.74 Å². The second-order valence-corrected chi connectivity index (χ2v) is 4.07. The summed E-state index contributed by atoms with van der Waals surface area (Å²) in [7, 11) is 0. The van der Waals surface area contributed by atoms with Gasteiger partial charge >= 0.3 is 0 Å². The van der Waals surface area contributed by atoms with Crippen LogP contribution < -0.4 is 0 Å². The van der Waals surface area contributed by atoms with Crippen molar-refractivity contribution in [3.05, 3.63) is 35.1 Å². The Hall–Kier alpha value is -1.36. The molecule has 2 nitrogen and oxygen atoms in total. The lowest BCUT2D eigenvalue weighted by atomic mass is 9.91. The van der Waals surface area contributed by atoms with Crippen LogP contribution in [0.3, 0.4) is 0 Å². The summed E-state index contributed by atoms with van der Waals surface area (Å²) in [4.78, 5) is 12.1. The first-order valence-electron chi connectivity index (χ1n) is 5.69. The molecule has 1 unspecified atom stereocenters. The Morgan fingerprint density at radius 3 is 2.33 bits per heavy atom. The summed E-state index contributed by atoms with van der Waals surface area (Å²) >= 11 is 0. The average molecular weight is 260 g/mol. The number of carbonyl (C=O) groups excluding carboxylic acids is 1. The van der Waals surface area contributed by atoms with E-state index in [1.54, 1.807) is 13.8 Å². The number of halogens is 3. The van der Waals surface area contributed by atoms with Gasteiger partial charge in [-0.25, -0.2) is 13.2 Å². The second kappa shape index (κ2) is 5.52. The number of Topliss-reactive ketones (excluding diaryl/α,β-unsaturated/α-hetero) is 1. The molecule has 1 aromatic carbocycles. The van der Waals surface area contributed by atoms with Crippen molar-refractivity contribution < 1.29 is 22.7 Å². The predicted molar refractivity (Wildman–Crippen MR) is 61.0 cm³/mol. The average Bonchev–Trinajstić information content (AvgIpc) is 2.35. The molecule has 0 radical (unpaired) electrons. The number of rotatable bonds is 5. The Kier molecular flexibility index (Phi) is 4.51. The van der Waals surface area contributed by atoms with E-state index in [0.29, 0.717) is 6.42 Å². The van der Waals surface area contributed by atoms with Crippen LogP contribution >= 0.6 is 0 Å². The SMILES string of the molecule is CCOC(C)(CC)C(=O)c1ccc(F)c(F)c1F. The maximum absolute atomic E-state index is 13.5. The summed E-state index contributed by atoms with van der Waals surface area (Å²) in [5, 5.41) is 0. The van der Waals surface area contributed by atoms with Crippen molar-refractivity contribution in [1.29, 1.82) is 0 Å². The van der Waals surface area contributed by atoms with E-state index in [9.17, 15) is 18.0 Å². The van der Waals surface area contributed by atoms with Crippen molar-refractivity contribution in [1.82, 2.24) is 0 Å². The molecule has 0 N–H and O–H groups in total. The van der Waals surface area contributed by atoms with Crippen LogP contribution in [-0.4, -0.2) is 18.0 Å². The van der Waals surface area contributed by atoms with Crippen molar-refractivity contribution in [3.8, 4) is 0 Å². The predicted octanol–water partition coefficient (Wildman–Crippen LogP) is 3.49. The van der Waals surface area contributed by atoms with E-state index < -0.39 is 34.4 Å². The lowest BCUT2D eigenvalue weighted by Crippen LogP contribution is -2.38. The highest BCUT2D eigenvalue weighted by Crippen LogP contribution is 2.25. The van der Waals surface area contributed by atoms with Crippen LogP contribution in [0.15, 0.2) is 12.1 Å². The van der Waals surface area contributed by atoms with Gasteiger partial charge in [0.25, 0.3) is 0 Å². The summed E-state index contributed by atoms with van der Waals surface area (Å²) in [5.74, 6) is -5.13. The fraction of sp³-hybridized carbons (Fsp3) is 0.462. The van der Waals surface area contributed by atoms with Gasteiger partial charge in [-0.2, -0.15) is 0 Å². The number of ether oxygens (including phenoxy) is 1. The Bertz CT molecular complexity index is 460. The van der Waals surface area contributed by atoms with Gasteiger partial charge in [0.2, 0.25) is 0 Å². The maximum Gasteiger partial charge on any atom is 0.197 e. The molecule has 0 saturated carbocycles. The summed E-state index contributed by atoms with van der Waals surface area (Å²) in [6.45, 7) is 5.16. The fourth-order valence-corrected chi connectivity index (χ4v) is 1.63. The molecule has 0 fully saturated rings. The third-order valence-corrected chi connectivity index (χ3v) is 2.90.